The number of amides is 3. The molecule has 0 bridgehead atoms. The van der Waals surface area contributed by atoms with Gasteiger partial charge in [0.05, 0.1) is 25.2 Å². The Bertz CT molecular complexity index is 1190. The van der Waals surface area contributed by atoms with E-state index in [0.29, 0.717) is 28.3 Å². The molecule has 4 N–H and O–H groups in total. The van der Waals surface area contributed by atoms with Gasteiger partial charge in [0, 0.05) is 29.4 Å². The molecule has 0 fully saturated rings. The second-order valence-corrected chi connectivity index (χ2v) is 8.73. The zero-order valence-corrected chi connectivity index (χ0v) is 20.6. The van der Waals surface area contributed by atoms with Gasteiger partial charge in [0.15, 0.2) is 0 Å². The average molecular weight is 537 g/mol. The van der Waals surface area contributed by atoms with Crippen molar-refractivity contribution >= 4 is 29.1 Å². The third kappa shape index (κ3) is 7.08. The van der Waals surface area contributed by atoms with Gasteiger partial charge < -0.3 is 21.1 Å². The smallest absolute Gasteiger partial charge is 0.389 e. The number of nitrogens with two attached hydrogens (primary N) is 1. The van der Waals surface area contributed by atoms with E-state index in [1.165, 1.54) is 7.11 Å². The lowest BCUT2D eigenvalue weighted by atomic mass is 9.83. The number of nitrogens with one attached hydrogen (secondary N) is 2. The van der Waals surface area contributed by atoms with Crippen LogP contribution in [0.1, 0.15) is 36.8 Å². The number of alkyl halides is 4. The van der Waals surface area contributed by atoms with Crippen molar-refractivity contribution in [3.8, 4) is 5.75 Å². The summed E-state index contributed by atoms with van der Waals surface area (Å²) in [5, 5.41) is 5.11. The highest BCUT2D eigenvalue weighted by Gasteiger charge is 2.38. The Balaban J connectivity index is 1.99. The number of aliphatic imine (C=N–C) groups is 1. The van der Waals surface area contributed by atoms with Crippen molar-refractivity contribution in [2.45, 2.75) is 38.0 Å². The molecular weight excluding hydrogens is 508 g/mol. The van der Waals surface area contributed by atoms with Crippen LogP contribution in [0.4, 0.5) is 23.2 Å². The minimum absolute atomic E-state index is 0.189. The van der Waals surface area contributed by atoms with Gasteiger partial charge in [-0.3, -0.25) is 18.8 Å². The van der Waals surface area contributed by atoms with Crippen LogP contribution in [0.25, 0.3) is 0 Å². The van der Waals surface area contributed by atoms with Crippen LogP contribution >= 0.6 is 0 Å². The molecule has 0 aromatic heterocycles. The van der Waals surface area contributed by atoms with Crippen LogP contribution in [0, 0.1) is 11.8 Å². The van der Waals surface area contributed by atoms with Gasteiger partial charge in [-0.15, -0.1) is 0 Å². The largest absolute Gasteiger partial charge is 0.495 e. The Morgan fingerprint density at radius 3 is 2.42 bits per heavy atom. The van der Waals surface area contributed by atoms with Gasteiger partial charge in [-0.25, -0.2) is 4.99 Å². The summed E-state index contributed by atoms with van der Waals surface area (Å²) in [5.41, 5.74) is 7.13. The van der Waals surface area contributed by atoms with Crippen molar-refractivity contribution in [2.75, 3.05) is 19.1 Å². The fourth-order valence-corrected chi connectivity index (χ4v) is 4.31. The molecular formula is C26H28F4N4O4. The molecule has 204 valence electrons. The highest BCUT2D eigenvalue weighted by Crippen LogP contribution is 2.33. The Hall–Kier alpha value is -3.96. The lowest BCUT2D eigenvalue weighted by Gasteiger charge is -2.25. The van der Waals surface area contributed by atoms with Crippen molar-refractivity contribution in [1.82, 2.24) is 5.32 Å². The van der Waals surface area contributed by atoms with Gasteiger partial charge in [0.2, 0.25) is 18.0 Å². The number of anilines is 1. The first-order valence-electron chi connectivity index (χ1n) is 11.9. The number of hydrogen-bond donors (Lipinski definition) is 3. The Morgan fingerprint density at radius 1 is 1.11 bits per heavy atom. The van der Waals surface area contributed by atoms with Crippen LogP contribution in [-0.4, -0.2) is 49.6 Å². The molecule has 0 aliphatic carbocycles. The number of halogens is 4. The van der Waals surface area contributed by atoms with Gasteiger partial charge in [0.1, 0.15) is 5.75 Å². The maximum atomic E-state index is 13.3. The van der Waals surface area contributed by atoms with Crippen LogP contribution in [0.15, 0.2) is 53.5 Å². The summed E-state index contributed by atoms with van der Waals surface area (Å²) in [6, 6.07) is 13.8. The number of para-hydroxylation sites is 1. The average Bonchev–Trinajstić information content (AvgIpc) is 3.01. The van der Waals surface area contributed by atoms with Gasteiger partial charge >= 0.3 is 6.18 Å². The van der Waals surface area contributed by atoms with E-state index in [0.717, 1.165) is 0 Å². The molecule has 2 aromatic carbocycles. The monoisotopic (exact) mass is 536 g/mol. The molecule has 12 heteroatoms. The van der Waals surface area contributed by atoms with Crippen molar-refractivity contribution in [3.63, 3.8) is 0 Å². The highest BCUT2D eigenvalue weighted by atomic mass is 19.4. The fourth-order valence-electron chi connectivity index (χ4n) is 4.31. The minimum atomic E-state index is -4.59. The topological polar surface area (TPSA) is 123 Å². The Kier molecular flexibility index (Phi) is 9.43. The van der Waals surface area contributed by atoms with Crippen LogP contribution in [-0.2, 0) is 14.4 Å². The second-order valence-electron chi connectivity index (χ2n) is 8.73. The van der Waals surface area contributed by atoms with Crippen LogP contribution in [0.5, 0.6) is 5.75 Å². The number of fused-ring (bicyclic) bond motifs is 1. The first kappa shape index (κ1) is 28.6. The van der Waals surface area contributed by atoms with E-state index in [4.69, 9.17) is 10.5 Å². The van der Waals surface area contributed by atoms with Crippen molar-refractivity contribution in [1.29, 1.82) is 0 Å². The number of benzodiazepines with no additional fused rings is 1. The van der Waals surface area contributed by atoms with Crippen molar-refractivity contribution < 1.29 is 36.7 Å². The summed E-state index contributed by atoms with van der Waals surface area (Å²) in [7, 11) is 1.42. The van der Waals surface area contributed by atoms with E-state index in [2.05, 4.69) is 15.6 Å². The minimum Gasteiger partial charge on any atom is -0.495 e. The maximum Gasteiger partial charge on any atom is 0.389 e. The molecule has 38 heavy (non-hydrogen) atoms. The molecule has 0 spiro atoms. The number of primary amides is 1. The molecule has 0 radical (unpaired) electrons. The van der Waals surface area contributed by atoms with E-state index in [-0.39, 0.29) is 12.8 Å². The predicted octanol–water partition coefficient (Wildman–Crippen LogP) is 3.74. The van der Waals surface area contributed by atoms with Crippen molar-refractivity contribution in [2.24, 2.45) is 22.6 Å². The number of rotatable bonds is 11. The van der Waals surface area contributed by atoms with Gasteiger partial charge in [0.25, 0.3) is 5.91 Å². The zero-order chi connectivity index (χ0) is 27.9. The molecule has 3 amide bonds. The van der Waals surface area contributed by atoms with Crippen LogP contribution in [0.2, 0.25) is 0 Å². The third-order valence-corrected chi connectivity index (χ3v) is 6.16. The van der Waals surface area contributed by atoms with Gasteiger partial charge in [-0.2, -0.15) is 13.2 Å². The lowest BCUT2D eigenvalue weighted by Crippen LogP contribution is -2.48. The molecule has 1 heterocycles. The van der Waals surface area contributed by atoms with E-state index in [1.807, 2.05) is 0 Å². The summed E-state index contributed by atoms with van der Waals surface area (Å²) in [6.45, 7) is -0.857. The molecule has 8 nitrogen and oxygen atoms in total. The van der Waals surface area contributed by atoms with E-state index >= 15 is 0 Å². The summed E-state index contributed by atoms with van der Waals surface area (Å²) in [6.07, 6.45) is -8.64. The summed E-state index contributed by atoms with van der Waals surface area (Å²) in [4.78, 5) is 43.0. The quantitative estimate of drug-likeness (QED) is 0.379. The van der Waals surface area contributed by atoms with E-state index in [9.17, 15) is 31.9 Å². The molecule has 1 aliphatic rings. The summed E-state index contributed by atoms with van der Waals surface area (Å²) in [5.74, 6) is -5.37. The number of benzene rings is 2. The molecule has 0 unspecified atom stereocenters. The first-order valence-corrected chi connectivity index (χ1v) is 11.9. The number of methoxy groups -OCH3 is 1. The SMILES string of the molecule is COc1cccc2c1NC(=O)[C@@H](NC(=O)[C@@H](CCCF)[C@@H](CCC(F)(F)F)C(N)=O)N=C2c1ccccc1. The first-order chi connectivity index (χ1) is 18.1. The summed E-state index contributed by atoms with van der Waals surface area (Å²) >= 11 is 0. The molecule has 0 saturated carbocycles. The fraction of sp³-hybridized carbons (Fsp3) is 0.385. The number of ether oxygens (including phenoxy) is 1. The molecule has 3 rings (SSSR count). The van der Waals surface area contributed by atoms with Gasteiger partial charge in [-0.1, -0.05) is 42.5 Å². The summed E-state index contributed by atoms with van der Waals surface area (Å²) < 4.78 is 56.9. The van der Waals surface area contributed by atoms with Crippen molar-refractivity contribution in [3.05, 3.63) is 59.7 Å². The normalized spacial score (nSPS) is 16.8. The Labute approximate surface area is 216 Å². The number of hydrogen-bond acceptors (Lipinski definition) is 5. The lowest BCUT2D eigenvalue weighted by molar-refractivity contribution is -0.146. The number of carbonyl (C=O) groups is 3. The molecule has 1 aliphatic heterocycles. The molecule has 3 atom stereocenters. The highest BCUT2D eigenvalue weighted by molar-refractivity contribution is 6.20. The second kappa shape index (κ2) is 12.5. The van der Waals surface area contributed by atoms with Crippen LogP contribution < -0.4 is 21.1 Å². The van der Waals surface area contributed by atoms with E-state index in [1.54, 1.807) is 48.5 Å². The number of nitrogens with zero attached hydrogens (tertiary/aromatic N) is 1. The number of carbonyl (C=O) groups excluding carboxylic acids is 3. The standard InChI is InChI=1S/C26H28F4N4O4/c1-38-19-11-5-9-18-20(15-7-3-2-4-8-15)32-23(25(37)33-21(18)19)34-24(36)17(10-6-14-27)16(22(31)35)12-13-26(28,29)30/h2-5,7-9,11,16-17,23H,6,10,12-14H2,1H3,(H2,31,35)(H,33,37)(H,34,36)/t16-,17+,23-/m1/s1. The predicted molar refractivity (Wildman–Crippen MR) is 132 cm³/mol. The zero-order valence-electron chi connectivity index (χ0n) is 20.6. The third-order valence-electron chi connectivity index (χ3n) is 6.16. The van der Waals surface area contributed by atoms with E-state index < -0.39 is 61.4 Å². The molecule has 0 saturated heterocycles. The maximum absolute atomic E-state index is 13.3. The van der Waals surface area contributed by atoms with Crippen LogP contribution in [0.3, 0.4) is 0 Å². The van der Waals surface area contributed by atoms with Gasteiger partial charge in [-0.05, 0) is 25.3 Å². The molecule has 2 aromatic rings. The Morgan fingerprint density at radius 2 is 1.82 bits per heavy atom.